The van der Waals surface area contributed by atoms with Crippen LogP contribution in [-0.2, 0) is 6.18 Å². The minimum absolute atomic E-state index is 0.115. The Labute approximate surface area is 111 Å². The van der Waals surface area contributed by atoms with Crippen LogP contribution in [0.1, 0.15) is 5.56 Å². The highest BCUT2D eigenvalue weighted by Gasteiger charge is 2.34. The van der Waals surface area contributed by atoms with Crippen LogP contribution in [0.25, 0.3) is 0 Å². The van der Waals surface area contributed by atoms with Crippen molar-refractivity contribution in [2.75, 3.05) is 13.1 Å². The molecule has 8 heteroatoms. The summed E-state index contributed by atoms with van der Waals surface area (Å²) in [5.74, 6) is 0.115. The van der Waals surface area contributed by atoms with Gasteiger partial charge in [-0.3, -0.25) is 0 Å². The monoisotopic (exact) mass is 295 g/mol. The zero-order valence-electron chi connectivity index (χ0n) is 9.45. The normalized spacial score (nSPS) is 16.1. The van der Waals surface area contributed by atoms with Crippen LogP contribution in [0.15, 0.2) is 18.2 Å². The van der Waals surface area contributed by atoms with Gasteiger partial charge in [-0.1, -0.05) is 11.6 Å². The van der Waals surface area contributed by atoms with Crippen molar-refractivity contribution in [3.63, 3.8) is 0 Å². The lowest BCUT2D eigenvalue weighted by Crippen LogP contribution is -2.55. The van der Waals surface area contributed by atoms with E-state index in [2.05, 4.69) is 0 Å². The maximum atomic E-state index is 12.4. The van der Waals surface area contributed by atoms with Crippen molar-refractivity contribution in [2.45, 2.75) is 12.3 Å². The molecular formula is C11H9ClF3NO3. The van der Waals surface area contributed by atoms with Gasteiger partial charge >= 0.3 is 12.3 Å². The van der Waals surface area contributed by atoms with Crippen LogP contribution >= 0.6 is 11.6 Å². The number of hydrogen-bond donors (Lipinski definition) is 1. The van der Waals surface area contributed by atoms with Crippen molar-refractivity contribution in [1.82, 2.24) is 4.90 Å². The molecule has 0 atom stereocenters. The lowest BCUT2D eigenvalue weighted by Gasteiger charge is -2.36. The number of hydrogen-bond acceptors (Lipinski definition) is 2. The number of amides is 1. The molecule has 1 heterocycles. The lowest BCUT2D eigenvalue weighted by molar-refractivity contribution is -0.137. The molecule has 1 saturated heterocycles. The number of carbonyl (C=O) groups is 1. The maximum Gasteiger partial charge on any atom is 0.416 e. The molecule has 1 aromatic rings. The second kappa shape index (κ2) is 4.80. The van der Waals surface area contributed by atoms with Gasteiger partial charge in [-0.2, -0.15) is 13.2 Å². The van der Waals surface area contributed by atoms with Gasteiger partial charge in [-0.05, 0) is 18.2 Å². The molecule has 1 aliphatic rings. The van der Waals surface area contributed by atoms with Crippen LogP contribution in [0, 0.1) is 0 Å². The first-order valence-corrected chi connectivity index (χ1v) is 5.66. The Morgan fingerprint density at radius 3 is 2.53 bits per heavy atom. The van der Waals surface area contributed by atoms with Crippen molar-refractivity contribution in [2.24, 2.45) is 0 Å². The van der Waals surface area contributed by atoms with E-state index in [0.29, 0.717) is 0 Å². The van der Waals surface area contributed by atoms with E-state index in [1.807, 2.05) is 0 Å². The van der Waals surface area contributed by atoms with E-state index < -0.39 is 17.8 Å². The number of rotatable bonds is 2. The van der Waals surface area contributed by atoms with E-state index in [-0.39, 0.29) is 30.0 Å². The molecule has 104 valence electrons. The smallest absolute Gasteiger partial charge is 0.416 e. The van der Waals surface area contributed by atoms with Gasteiger partial charge in [0.2, 0.25) is 0 Å². The predicted molar refractivity (Wildman–Crippen MR) is 60.5 cm³/mol. The van der Waals surface area contributed by atoms with Crippen molar-refractivity contribution in [3.8, 4) is 5.75 Å². The number of likely N-dealkylation sites (tertiary alicyclic amines) is 1. The molecular weight excluding hydrogens is 287 g/mol. The highest BCUT2D eigenvalue weighted by atomic mass is 35.5. The van der Waals surface area contributed by atoms with Crippen LogP contribution in [0.4, 0.5) is 18.0 Å². The average Bonchev–Trinajstić information content (AvgIpc) is 2.22. The summed E-state index contributed by atoms with van der Waals surface area (Å²) >= 11 is 5.70. The summed E-state index contributed by atoms with van der Waals surface area (Å²) in [6.07, 6.45) is -5.90. The maximum absolute atomic E-state index is 12.4. The van der Waals surface area contributed by atoms with E-state index in [9.17, 15) is 18.0 Å². The molecule has 0 aliphatic carbocycles. The molecule has 0 unspecified atom stereocenters. The molecule has 0 bridgehead atoms. The van der Waals surface area contributed by atoms with E-state index >= 15 is 0 Å². The third-order valence-electron chi connectivity index (χ3n) is 2.67. The molecule has 2 rings (SSSR count). The molecule has 0 aromatic heterocycles. The lowest BCUT2D eigenvalue weighted by atomic mass is 10.1. The summed E-state index contributed by atoms with van der Waals surface area (Å²) in [5.41, 5.74) is -0.856. The summed E-state index contributed by atoms with van der Waals surface area (Å²) in [7, 11) is 0. The van der Waals surface area contributed by atoms with Gasteiger partial charge < -0.3 is 14.7 Å². The van der Waals surface area contributed by atoms with Gasteiger partial charge in [0, 0.05) is 0 Å². The molecule has 1 aromatic carbocycles. The zero-order chi connectivity index (χ0) is 14.2. The minimum atomic E-state index is -4.46. The van der Waals surface area contributed by atoms with Gasteiger partial charge in [0.1, 0.15) is 11.9 Å². The topological polar surface area (TPSA) is 49.8 Å². The molecule has 19 heavy (non-hydrogen) atoms. The van der Waals surface area contributed by atoms with Crippen LogP contribution in [0.3, 0.4) is 0 Å². The molecule has 1 N–H and O–H groups in total. The average molecular weight is 296 g/mol. The second-order valence-corrected chi connectivity index (χ2v) is 4.48. The van der Waals surface area contributed by atoms with Crippen molar-refractivity contribution < 1.29 is 27.8 Å². The van der Waals surface area contributed by atoms with Gasteiger partial charge in [0.15, 0.2) is 0 Å². The van der Waals surface area contributed by atoms with E-state index in [1.54, 1.807) is 0 Å². The van der Waals surface area contributed by atoms with Crippen LogP contribution in [-0.4, -0.2) is 35.3 Å². The van der Waals surface area contributed by atoms with E-state index in [1.165, 1.54) is 0 Å². The first kappa shape index (κ1) is 13.8. The van der Waals surface area contributed by atoms with Gasteiger partial charge in [-0.25, -0.2) is 4.79 Å². The number of benzene rings is 1. The van der Waals surface area contributed by atoms with Crippen LogP contribution in [0.5, 0.6) is 5.75 Å². The van der Waals surface area contributed by atoms with Crippen molar-refractivity contribution in [1.29, 1.82) is 0 Å². The highest BCUT2D eigenvalue weighted by Crippen LogP contribution is 2.35. The molecule has 0 saturated carbocycles. The number of ether oxygens (including phenoxy) is 1. The SMILES string of the molecule is O=C(O)N1CC(Oc2ccc(C(F)(F)F)cc2Cl)C1. The Balaban J connectivity index is 2.01. The summed E-state index contributed by atoms with van der Waals surface area (Å²) < 4.78 is 42.5. The van der Waals surface area contributed by atoms with E-state index in [4.69, 9.17) is 21.4 Å². The second-order valence-electron chi connectivity index (χ2n) is 4.07. The standard InChI is InChI=1S/C11H9ClF3NO3/c12-8-3-6(11(13,14)15)1-2-9(8)19-7-4-16(5-7)10(17)18/h1-3,7H,4-5H2,(H,17,18). The first-order chi connectivity index (χ1) is 8.77. The third kappa shape index (κ3) is 3.04. The summed E-state index contributed by atoms with van der Waals surface area (Å²) in [6.45, 7) is 0.347. The van der Waals surface area contributed by atoms with Crippen molar-refractivity contribution >= 4 is 17.7 Å². The Hall–Kier alpha value is -1.63. The summed E-state index contributed by atoms with van der Waals surface area (Å²) in [5, 5.41) is 8.47. The van der Waals surface area contributed by atoms with Gasteiger partial charge in [0.05, 0.1) is 23.7 Å². The molecule has 0 radical (unpaired) electrons. The molecule has 4 nitrogen and oxygen atoms in total. The molecule has 1 aliphatic heterocycles. The largest absolute Gasteiger partial charge is 0.485 e. The summed E-state index contributed by atoms with van der Waals surface area (Å²) in [6, 6.07) is 2.79. The number of carboxylic acid groups (broad SMARTS) is 1. The first-order valence-electron chi connectivity index (χ1n) is 5.28. The highest BCUT2D eigenvalue weighted by molar-refractivity contribution is 6.32. The molecule has 1 fully saturated rings. The number of alkyl halides is 3. The van der Waals surface area contributed by atoms with Crippen molar-refractivity contribution in [3.05, 3.63) is 28.8 Å². The zero-order valence-corrected chi connectivity index (χ0v) is 10.2. The fourth-order valence-electron chi connectivity index (χ4n) is 1.62. The predicted octanol–water partition coefficient (Wildman–Crippen LogP) is 3.10. The third-order valence-corrected chi connectivity index (χ3v) is 2.97. The minimum Gasteiger partial charge on any atom is -0.485 e. The molecule has 0 spiro atoms. The fourth-order valence-corrected chi connectivity index (χ4v) is 1.85. The number of nitrogens with zero attached hydrogens (tertiary/aromatic N) is 1. The summed E-state index contributed by atoms with van der Waals surface area (Å²) in [4.78, 5) is 11.6. The Bertz CT molecular complexity index is 500. The quantitative estimate of drug-likeness (QED) is 0.912. The number of halogens is 4. The van der Waals surface area contributed by atoms with Gasteiger partial charge in [0.25, 0.3) is 0 Å². The van der Waals surface area contributed by atoms with Crippen LogP contribution in [0.2, 0.25) is 5.02 Å². The van der Waals surface area contributed by atoms with E-state index in [0.717, 1.165) is 23.1 Å². The Kier molecular flexibility index (Phi) is 3.49. The Morgan fingerprint density at radius 1 is 1.42 bits per heavy atom. The van der Waals surface area contributed by atoms with Gasteiger partial charge in [-0.15, -0.1) is 0 Å². The Morgan fingerprint density at radius 2 is 2.05 bits per heavy atom. The van der Waals surface area contributed by atoms with Crippen LogP contribution < -0.4 is 4.74 Å². The molecule has 1 amide bonds. The fraction of sp³-hybridized carbons (Fsp3) is 0.364.